The molecule has 0 atom stereocenters. The third kappa shape index (κ3) is 3.04. The number of nitrogens with two attached hydrogens (primary N) is 1. The maximum atomic E-state index is 5.38. The van der Waals surface area contributed by atoms with Crippen LogP contribution in [-0.2, 0) is 4.74 Å². The minimum atomic E-state index is 0.518. The minimum absolute atomic E-state index is 0.518. The third-order valence-corrected chi connectivity index (χ3v) is 2.79. The second kappa shape index (κ2) is 4.53. The summed E-state index contributed by atoms with van der Waals surface area (Å²) < 4.78 is 5.78. The molecule has 1 aromatic heterocycles. The molecule has 0 amide bonds. The van der Waals surface area contributed by atoms with Crippen molar-refractivity contribution >= 4 is 28.2 Å². The first-order chi connectivity index (χ1) is 5.33. The summed E-state index contributed by atoms with van der Waals surface area (Å²) >= 11 is 3.01. The van der Waals surface area contributed by atoms with Gasteiger partial charge in [-0.25, -0.2) is 0 Å². The lowest BCUT2D eigenvalue weighted by Crippen LogP contribution is -1.90. The van der Waals surface area contributed by atoms with E-state index in [0.717, 1.165) is 16.7 Å². The van der Waals surface area contributed by atoms with Crippen LogP contribution in [0.15, 0.2) is 4.34 Å². The Kier molecular flexibility index (Phi) is 3.61. The highest BCUT2D eigenvalue weighted by Crippen LogP contribution is 2.22. The number of aromatic nitrogens is 2. The number of anilines is 1. The molecule has 1 aromatic rings. The standard InChI is InChI=1S/C5H9N3OS2/c1-9-2-3-10-5-8-7-4(6)11-5/h2-3H2,1H3,(H2,6,7). The minimum Gasteiger partial charge on any atom is -0.384 e. The van der Waals surface area contributed by atoms with Crippen LogP contribution in [-0.4, -0.2) is 29.7 Å². The van der Waals surface area contributed by atoms with Gasteiger partial charge in [-0.05, 0) is 0 Å². The average molecular weight is 191 g/mol. The van der Waals surface area contributed by atoms with Crippen molar-refractivity contribution in [3.05, 3.63) is 0 Å². The van der Waals surface area contributed by atoms with Gasteiger partial charge in [0, 0.05) is 12.9 Å². The van der Waals surface area contributed by atoms with E-state index in [1.807, 2.05) is 0 Å². The predicted molar refractivity (Wildman–Crippen MR) is 46.9 cm³/mol. The van der Waals surface area contributed by atoms with Crippen molar-refractivity contribution in [3.8, 4) is 0 Å². The largest absolute Gasteiger partial charge is 0.384 e. The van der Waals surface area contributed by atoms with E-state index >= 15 is 0 Å². The lowest BCUT2D eigenvalue weighted by Gasteiger charge is -1.93. The van der Waals surface area contributed by atoms with Gasteiger partial charge < -0.3 is 10.5 Å². The van der Waals surface area contributed by atoms with Gasteiger partial charge in [0.15, 0.2) is 4.34 Å². The summed E-state index contributed by atoms with van der Waals surface area (Å²) in [5, 5.41) is 8.04. The Bertz CT molecular complexity index is 215. The van der Waals surface area contributed by atoms with E-state index in [4.69, 9.17) is 10.5 Å². The van der Waals surface area contributed by atoms with Gasteiger partial charge in [0.2, 0.25) is 5.13 Å². The molecule has 0 radical (unpaired) electrons. The van der Waals surface area contributed by atoms with E-state index < -0.39 is 0 Å². The molecular formula is C5H9N3OS2. The summed E-state index contributed by atoms with van der Waals surface area (Å²) in [6.07, 6.45) is 0. The van der Waals surface area contributed by atoms with E-state index in [2.05, 4.69) is 10.2 Å². The van der Waals surface area contributed by atoms with Gasteiger partial charge in [0.1, 0.15) is 0 Å². The molecule has 0 spiro atoms. The summed E-state index contributed by atoms with van der Waals surface area (Å²) in [6, 6.07) is 0. The van der Waals surface area contributed by atoms with E-state index in [0.29, 0.717) is 5.13 Å². The topological polar surface area (TPSA) is 61.0 Å². The highest BCUT2D eigenvalue weighted by Gasteiger charge is 1.99. The molecule has 0 bridgehead atoms. The van der Waals surface area contributed by atoms with Gasteiger partial charge in [-0.3, -0.25) is 0 Å². The Morgan fingerprint density at radius 3 is 3.00 bits per heavy atom. The quantitative estimate of drug-likeness (QED) is 0.565. The number of thioether (sulfide) groups is 1. The second-order valence-electron chi connectivity index (χ2n) is 1.75. The fourth-order valence-electron chi connectivity index (χ4n) is 0.491. The number of ether oxygens (including phenoxy) is 1. The fraction of sp³-hybridized carbons (Fsp3) is 0.600. The van der Waals surface area contributed by atoms with Crippen molar-refractivity contribution in [1.29, 1.82) is 0 Å². The fourth-order valence-corrected chi connectivity index (χ4v) is 2.10. The number of hydrogen-bond acceptors (Lipinski definition) is 6. The number of nitrogens with zero attached hydrogens (tertiary/aromatic N) is 2. The summed E-state index contributed by atoms with van der Waals surface area (Å²) in [6.45, 7) is 0.726. The Morgan fingerprint density at radius 2 is 2.45 bits per heavy atom. The summed E-state index contributed by atoms with van der Waals surface area (Å²) in [5.41, 5.74) is 5.38. The summed E-state index contributed by atoms with van der Waals surface area (Å²) in [5.74, 6) is 0.894. The van der Waals surface area contributed by atoms with Crippen LogP contribution in [0.4, 0.5) is 5.13 Å². The van der Waals surface area contributed by atoms with E-state index in [-0.39, 0.29) is 0 Å². The molecule has 6 heteroatoms. The maximum Gasteiger partial charge on any atom is 0.203 e. The molecule has 0 aliphatic heterocycles. The predicted octanol–water partition coefficient (Wildman–Crippen LogP) is 0.859. The molecule has 2 N–H and O–H groups in total. The monoisotopic (exact) mass is 191 g/mol. The van der Waals surface area contributed by atoms with Crippen LogP contribution in [0, 0.1) is 0 Å². The van der Waals surface area contributed by atoms with Gasteiger partial charge in [0.25, 0.3) is 0 Å². The smallest absolute Gasteiger partial charge is 0.203 e. The highest BCUT2D eigenvalue weighted by molar-refractivity contribution is 8.01. The lowest BCUT2D eigenvalue weighted by atomic mass is 10.9. The lowest BCUT2D eigenvalue weighted by molar-refractivity contribution is 0.218. The number of rotatable bonds is 4. The van der Waals surface area contributed by atoms with Crippen molar-refractivity contribution in [2.24, 2.45) is 0 Å². The van der Waals surface area contributed by atoms with Gasteiger partial charge in [-0.2, -0.15) is 0 Å². The van der Waals surface area contributed by atoms with Crippen LogP contribution in [0.3, 0.4) is 0 Å². The molecule has 1 heterocycles. The molecule has 11 heavy (non-hydrogen) atoms. The first-order valence-electron chi connectivity index (χ1n) is 3.03. The Morgan fingerprint density at radius 1 is 1.64 bits per heavy atom. The van der Waals surface area contributed by atoms with Gasteiger partial charge in [-0.15, -0.1) is 10.2 Å². The van der Waals surface area contributed by atoms with Crippen molar-refractivity contribution in [2.75, 3.05) is 25.2 Å². The number of hydrogen-bond donors (Lipinski definition) is 1. The molecule has 1 rings (SSSR count). The highest BCUT2D eigenvalue weighted by atomic mass is 32.2. The molecule has 0 aromatic carbocycles. The Balaban J connectivity index is 2.27. The second-order valence-corrected chi connectivity index (χ2v) is 4.10. The van der Waals surface area contributed by atoms with E-state index in [9.17, 15) is 0 Å². The van der Waals surface area contributed by atoms with Crippen LogP contribution < -0.4 is 5.73 Å². The van der Waals surface area contributed by atoms with Gasteiger partial charge in [-0.1, -0.05) is 23.1 Å². The Hall–Kier alpha value is -0.330. The zero-order valence-electron chi connectivity index (χ0n) is 6.11. The van der Waals surface area contributed by atoms with Crippen LogP contribution in [0.5, 0.6) is 0 Å². The van der Waals surface area contributed by atoms with Crippen LogP contribution in [0.25, 0.3) is 0 Å². The van der Waals surface area contributed by atoms with Crippen molar-refractivity contribution in [1.82, 2.24) is 10.2 Å². The van der Waals surface area contributed by atoms with Gasteiger partial charge >= 0.3 is 0 Å². The maximum absolute atomic E-state index is 5.38. The van der Waals surface area contributed by atoms with Crippen LogP contribution in [0.2, 0.25) is 0 Å². The van der Waals surface area contributed by atoms with Crippen molar-refractivity contribution < 1.29 is 4.74 Å². The van der Waals surface area contributed by atoms with E-state index in [1.165, 1.54) is 11.3 Å². The van der Waals surface area contributed by atoms with Crippen molar-refractivity contribution in [2.45, 2.75) is 4.34 Å². The third-order valence-electron chi connectivity index (χ3n) is 0.935. The summed E-state index contributed by atoms with van der Waals surface area (Å²) in [7, 11) is 1.68. The molecule has 4 nitrogen and oxygen atoms in total. The average Bonchev–Trinajstić information content (AvgIpc) is 2.37. The molecule has 0 fully saturated rings. The first kappa shape index (κ1) is 8.76. The molecule has 0 saturated carbocycles. The van der Waals surface area contributed by atoms with Crippen molar-refractivity contribution in [3.63, 3.8) is 0 Å². The zero-order chi connectivity index (χ0) is 8.10. The van der Waals surface area contributed by atoms with E-state index in [1.54, 1.807) is 18.9 Å². The normalized spacial score (nSPS) is 10.3. The molecule has 0 unspecified atom stereocenters. The molecule has 0 aliphatic carbocycles. The SMILES string of the molecule is COCCSc1nnc(N)s1. The Labute approximate surface area is 73.2 Å². The number of nitrogen functional groups attached to an aromatic ring is 1. The molecule has 0 saturated heterocycles. The molecular weight excluding hydrogens is 182 g/mol. The zero-order valence-corrected chi connectivity index (χ0v) is 7.74. The molecule has 62 valence electrons. The van der Waals surface area contributed by atoms with Crippen LogP contribution >= 0.6 is 23.1 Å². The first-order valence-corrected chi connectivity index (χ1v) is 4.84. The summed E-state index contributed by atoms with van der Waals surface area (Å²) in [4.78, 5) is 0. The van der Waals surface area contributed by atoms with Gasteiger partial charge in [0.05, 0.1) is 6.61 Å². The van der Waals surface area contributed by atoms with Crippen LogP contribution in [0.1, 0.15) is 0 Å². The molecule has 0 aliphatic rings. The number of methoxy groups -OCH3 is 1.